The van der Waals surface area contributed by atoms with Gasteiger partial charge in [-0.3, -0.25) is 0 Å². The van der Waals surface area contributed by atoms with E-state index in [2.05, 4.69) is 23.5 Å². The van der Waals surface area contributed by atoms with Gasteiger partial charge in [0, 0.05) is 0 Å². The molecule has 0 atom stereocenters. The zero-order chi connectivity index (χ0) is 8.44. The third kappa shape index (κ3) is 1.94. The lowest BCUT2D eigenvalue weighted by atomic mass is 9.97. The largest absolute Gasteiger partial charge is 0.393 e. The molecule has 3 heteroatoms. The molecule has 70 valence electrons. The van der Waals surface area contributed by atoms with Gasteiger partial charge in [-0.15, -0.1) is 23.5 Å². The van der Waals surface area contributed by atoms with E-state index in [9.17, 15) is 5.11 Å². The van der Waals surface area contributed by atoms with Gasteiger partial charge in [-0.05, 0) is 43.6 Å². The molecule has 1 aliphatic carbocycles. The van der Waals surface area contributed by atoms with Crippen LogP contribution in [0.25, 0.3) is 0 Å². The van der Waals surface area contributed by atoms with E-state index in [1.807, 2.05) is 0 Å². The summed E-state index contributed by atoms with van der Waals surface area (Å²) >= 11 is 4.28. The van der Waals surface area contributed by atoms with Gasteiger partial charge in [-0.25, -0.2) is 0 Å². The van der Waals surface area contributed by atoms with Crippen molar-refractivity contribution in [3.63, 3.8) is 0 Å². The fraction of sp³-hybridized carbons (Fsp3) is 1.00. The highest BCUT2D eigenvalue weighted by Gasteiger charge is 2.37. The number of hydrogen-bond acceptors (Lipinski definition) is 3. The van der Waals surface area contributed by atoms with Crippen molar-refractivity contribution in [1.29, 1.82) is 0 Å². The summed E-state index contributed by atoms with van der Waals surface area (Å²) in [4.78, 5) is 0. The van der Waals surface area contributed by atoms with Crippen LogP contribution in [0.3, 0.4) is 0 Å². The third-order valence-corrected chi connectivity index (χ3v) is 6.30. The van der Waals surface area contributed by atoms with Crippen LogP contribution in [-0.2, 0) is 0 Å². The summed E-state index contributed by atoms with van der Waals surface area (Å²) in [5.41, 5.74) is 0. The van der Waals surface area contributed by atoms with Crippen molar-refractivity contribution in [2.75, 3.05) is 11.5 Å². The van der Waals surface area contributed by atoms with Crippen LogP contribution in [0.2, 0.25) is 0 Å². The van der Waals surface area contributed by atoms with E-state index in [1.54, 1.807) is 0 Å². The van der Waals surface area contributed by atoms with Crippen LogP contribution in [-0.4, -0.2) is 26.8 Å². The summed E-state index contributed by atoms with van der Waals surface area (Å²) < 4.78 is 0.511. The van der Waals surface area contributed by atoms with Crippen LogP contribution in [0.15, 0.2) is 0 Å². The van der Waals surface area contributed by atoms with Gasteiger partial charge >= 0.3 is 0 Å². The second kappa shape index (κ2) is 3.81. The smallest absolute Gasteiger partial charge is 0.0613 e. The highest BCUT2D eigenvalue weighted by Crippen LogP contribution is 2.51. The maximum absolute atomic E-state index is 9.40. The molecule has 1 heterocycles. The van der Waals surface area contributed by atoms with Crippen molar-refractivity contribution >= 4 is 23.5 Å². The van der Waals surface area contributed by atoms with Crippen molar-refractivity contribution in [2.45, 2.75) is 42.3 Å². The monoisotopic (exact) mass is 204 g/mol. The highest BCUT2D eigenvalue weighted by molar-refractivity contribution is 8.18. The van der Waals surface area contributed by atoms with Gasteiger partial charge in [-0.2, -0.15) is 0 Å². The van der Waals surface area contributed by atoms with E-state index >= 15 is 0 Å². The molecule has 1 nitrogen and oxygen atoms in total. The minimum absolute atomic E-state index is 0.00116. The van der Waals surface area contributed by atoms with Crippen LogP contribution in [0.1, 0.15) is 32.1 Å². The molecular weight excluding hydrogens is 188 g/mol. The molecule has 0 aromatic heterocycles. The van der Waals surface area contributed by atoms with Gasteiger partial charge in [-0.1, -0.05) is 0 Å². The molecule has 0 bridgehead atoms. The van der Waals surface area contributed by atoms with Crippen molar-refractivity contribution in [3.05, 3.63) is 0 Å². The number of thioether (sulfide) groups is 2. The first-order valence-electron chi connectivity index (χ1n) is 4.77. The number of aliphatic hydroxyl groups is 1. The van der Waals surface area contributed by atoms with E-state index in [0.717, 1.165) is 12.8 Å². The second-order valence-electron chi connectivity index (χ2n) is 3.69. The van der Waals surface area contributed by atoms with Gasteiger partial charge in [0.25, 0.3) is 0 Å². The molecule has 2 fully saturated rings. The van der Waals surface area contributed by atoms with E-state index in [4.69, 9.17) is 0 Å². The maximum Gasteiger partial charge on any atom is 0.0613 e. The van der Waals surface area contributed by atoms with Crippen LogP contribution in [0.5, 0.6) is 0 Å². The topological polar surface area (TPSA) is 20.2 Å². The van der Waals surface area contributed by atoms with Crippen LogP contribution in [0, 0.1) is 0 Å². The second-order valence-corrected chi connectivity index (χ2v) is 6.91. The number of hydrogen-bond donors (Lipinski definition) is 1. The molecule has 0 amide bonds. The summed E-state index contributed by atoms with van der Waals surface area (Å²) in [5.74, 6) is 2.67. The van der Waals surface area contributed by atoms with Crippen molar-refractivity contribution in [2.24, 2.45) is 0 Å². The Bertz CT molecular complexity index is 145. The molecule has 2 rings (SSSR count). The number of rotatable bonds is 0. The molecule has 0 aromatic carbocycles. The van der Waals surface area contributed by atoms with E-state index in [1.165, 1.54) is 30.8 Å². The first-order valence-corrected chi connectivity index (χ1v) is 6.74. The lowest BCUT2D eigenvalue weighted by Crippen LogP contribution is -2.32. The average molecular weight is 204 g/mol. The van der Waals surface area contributed by atoms with Gasteiger partial charge in [0.05, 0.1) is 10.2 Å². The Morgan fingerprint density at radius 3 is 2.25 bits per heavy atom. The summed E-state index contributed by atoms with van der Waals surface area (Å²) in [6.45, 7) is 0. The summed E-state index contributed by atoms with van der Waals surface area (Å²) in [6.07, 6.45) is 5.88. The highest BCUT2D eigenvalue weighted by atomic mass is 32.2. The normalized spacial score (nSPS) is 30.8. The van der Waals surface area contributed by atoms with Crippen LogP contribution in [0.4, 0.5) is 0 Å². The zero-order valence-corrected chi connectivity index (χ0v) is 8.92. The van der Waals surface area contributed by atoms with Gasteiger partial charge in [0.15, 0.2) is 0 Å². The molecule has 1 aliphatic heterocycles. The summed E-state index contributed by atoms with van der Waals surface area (Å²) in [5, 5.41) is 9.40. The predicted octanol–water partition coefficient (Wildman–Crippen LogP) is 2.49. The summed E-state index contributed by atoms with van der Waals surface area (Å²) in [7, 11) is 0. The molecule has 12 heavy (non-hydrogen) atoms. The average Bonchev–Trinajstić information content (AvgIpc) is 2.13. The van der Waals surface area contributed by atoms with E-state index in [-0.39, 0.29) is 6.10 Å². The Labute approximate surface area is 82.7 Å². The molecular formula is C9H16OS2. The lowest BCUT2D eigenvalue weighted by Gasteiger charge is -2.40. The Hall–Kier alpha value is 0.660. The third-order valence-electron chi connectivity index (χ3n) is 2.74. The SMILES string of the molecule is OC1CCC2(CC1)SCCCS2. The molecule has 1 spiro atoms. The Balaban J connectivity index is 1.92. The fourth-order valence-corrected chi connectivity index (χ4v) is 5.33. The molecule has 0 unspecified atom stereocenters. The minimum atomic E-state index is -0.00116. The first-order chi connectivity index (χ1) is 5.81. The molecule has 0 radical (unpaired) electrons. The Morgan fingerprint density at radius 1 is 1.08 bits per heavy atom. The predicted molar refractivity (Wildman–Crippen MR) is 56.7 cm³/mol. The van der Waals surface area contributed by atoms with E-state index in [0.29, 0.717) is 4.08 Å². The Kier molecular flexibility index (Phi) is 2.93. The zero-order valence-electron chi connectivity index (χ0n) is 7.29. The van der Waals surface area contributed by atoms with Crippen molar-refractivity contribution in [1.82, 2.24) is 0 Å². The van der Waals surface area contributed by atoms with Crippen molar-refractivity contribution in [3.8, 4) is 0 Å². The Morgan fingerprint density at radius 2 is 1.67 bits per heavy atom. The molecule has 1 N–H and O–H groups in total. The summed E-state index contributed by atoms with van der Waals surface area (Å²) in [6, 6.07) is 0. The van der Waals surface area contributed by atoms with Crippen molar-refractivity contribution < 1.29 is 5.11 Å². The van der Waals surface area contributed by atoms with Gasteiger partial charge < -0.3 is 5.11 Å². The van der Waals surface area contributed by atoms with Crippen LogP contribution < -0.4 is 0 Å². The maximum atomic E-state index is 9.40. The molecule has 1 saturated carbocycles. The van der Waals surface area contributed by atoms with Gasteiger partial charge in [0.2, 0.25) is 0 Å². The molecule has 1 saturated heterocycles. The first kappa shape index (κ1) is 9.22. The quantitative estimate of drug-likeness (QED) is 0.654. The minimum Gasteiger partial charge on any atom is -0.393 e. The molecule has 2 aliphatic rings. The van der Waals surface area contributed by atoms with Crippen LogP contribution >= 0.6 is 23.5 Å². The molecule has 0 aromatic rings. The van der Waals surface area contributed by atoms with Gasteiger partial charge in [0.1, 0.15) is 0 Å². The fourth-order valence-electron chi connectivity index (χ4n) is 1.95. The number of aliphatic hydroxyl groups excluding tert-OH is 1. The lowest BCUT2D eigenvalue weighted by molar-refractivity contribution is 0.128. The van der Waals surface area contributed by atoms with E-state index < -0.39 is 0 Å². The standard InChI is InChI=1S/C9H16OS2/c10-8-2-4-9(5-3-8)11-6-1-7-12-9/h8,10H,1-7H2.